The SMILES string of the molecule is Br.Br.c1cc2c(ccc3cnccc32)cn1. The molecular formula is C12H10Br2N2. The lowest BCUT2D eigenvalue weighted by Crippen LogP contribution is -1.79. The van der Waals surface area contributed by atoms with Crippen LogP contribution in [-0.2, 0) is 0 Å². The minimum atomic E-state index is 0. The molecule has 0 aliphatic rings. The molecule has 3 rings (SSSR count). The third-order valence-electron chi connectivity index (χ3n) is 2.44. The van der Waals surface area contributed by atoms with Gasteiger partial charge in [-0.2, -0.15) is 0 Å². The lowest BCUT2D eigenvalue weighted by molar-refractivity contribution is 1.35. The Kier molecular flexibility index (Phi) is 4.38. The number of fused-ring (bicyclic) bond motifs is 3. The molecule has 0 amide bonds. The predicted molar refractivity (Wildman–Crippen MR) is 77.7 cm³/mol. The molecule has 0 atom stereocenters. The number of aromatic nitrogens is 2. The standard InChI is InChI=1S/C12H8N2.2BrH/c1-2-10-8-14-6-4-12(10)11-3-5-13-7-9(1)11;;/h1-8H;2*1H. The Balaban J connectivity index is 0.000000640. The summed E-state index contributed by atoms with van der Waals surface area (Å²) >= 11 is 0. The van der Waals surface area contributed by atoms with E-state index in [0.717, 1.165) is 0 Å². The summed E-state index contributed by atoms with van der Waals surface area (Å²) in [5, 5.41) is 4.82. The van der Waals surface area contributed by atoms with Crippen LogP contribution >= 0.6 is 34.0 Å². The zero-order valence-corrected chi connectivity index (χ0v) is 11.8. The number of nitrogens with zero attached hydrogens (tertiary/aromatic N) is 2. The average Bonchev–Trinajstić information content (AvgIpc) is 2.29. The fraction of sp³-hybridized carbons (Fsp3) is 0. The van der Waals surface area contributed by atoms with Gasteiger partial charge in [0.2, 0.25) is 0 Å². The molecule has 0 fully saturated rings. The minimum absolute atomic E-state index is 0. The van der Waals surface area contributed by atoms with Crippen LogP contribution < -0.4 is 0 Å². The van der Waals surface area contributed by atoms with Crippen molar-refractivity contribution in [3.8, 4) is 0 Å². The van der Waals surface area contributed by atoms with Gasteiger partial charge in [0, 0.05) is 35.6 Å². The molecule has 0 aliphatic carbocycles. The van der Waals surface area contributed by atoms with E-state index in [0.29, 0.717) is 0 Å². The maximum absolute atomic E-state index is 4.10. The third-order valence-corrected chi connectivity index (χ3v) is 2.44. The first kappa shape index (κ1) is 13.1. The number of hydrogen-bond acceptors (Lipinski definition) is 2. The van der Waals surface area contributed by atoms with E-state index in [2.05, 4.69) is 22.1 Å². The number of pyridine rings is 2. The van der Waals surface area contributed by atoms with Crippen LogP contribution in [0.5, 0.6) is 0 Å². The van der Waals surface area contributed by atoms with Crippen LogP contribution in [0.2, 0.25) is 0 Å². The molecule has 0 spiro atoms. The van der Waals surface area contributed by atoms with Gasteiger partial charge in [-0.05, 0) is 22.9 Å². The molecule has 0 saturated heterocycles. The fourth-order valence-corrected chi connectivity index (χ4v) is 1.75. The first-order valence-electron chi connectivity index (χ1n) is 4.51. The molecule has 16 heavy (non-hydrogen) atoms. The van der Waals surface area contributed by atoms with Gasteiger partial charge in [0.25, 0.3) is 0 Å². The highest BCUT2D eigenvalue weighted by Crippen LogP contribution is 2.23. The van der Waals surface area contributed by atoms with E-state index >= 15 is 0 Å². The van der Waals surface area contributed by atoms with Crippen LogP contribution in [0.3, 0.4) is 0 Å². The number of benzene rings is 1. The lowest BCUT2D eigenvalue weighted by atomic mass is 10.1. The van der Waals surface area contributed by atoms with Gasteiger partial charge in [0.15, 0.2) is 0 Å². The Morgan fingerprint density at radius 1 is 0.625 bits per heavy atom. The Bertz CT molecular complexity index is 556. The van der Waals surface area contributed by atoms with E-state index in [1.807, 2.05) is 36.9 Å². The van der Waals surface area contributed by atoms with Crippen molar-refractivity contribution in [2.75, 3.05) is 0 Å². The molecule has 0 unspecified atom stereocenters. The predicted octanol–water partition coefficient (Wildman–Crippen LogP) is 3.94. The largest absolute Gasteiger partial charge is 0.264 e. The van der Waals surface area contributed by atoms with Gasteiger partial charge in [-0.15, -0.1) is 34.0 Å². The summed E-state index contributed by atoms with van der Waals surface area (Å²) in [4.78, 5) is 8.21. The summed E-state index contributed by atoms with van der Waals surface area (Å²) in [6.45, 7) is 0. The fourth-order valence-electron chi connectivity index (χ4n) is 1.75. The van der Waals surface area contributed by atoms with E-state index in [-0.39, 0.29) is 34.0 Å². The van der Waals surface area contributed by atoms with E-state index in [9.17, 15) is 0 Å². The van der Waals surface area contributed by atoms with Gasteiger partial charge in [-0.25, -0.2) is 0 Å². The molecule has 0 N–H and O–H groups in total. The van der Waals surface area contributed by atoms with Crippen molar-refractivity contribution in [3.05, 3.63) is 49.1 Å². The maximum Gasteiger partial charge on any atom is 0.0346 e. The van der Waals surface area contributed by atoms with Crippen LogP contribution in [0.1, 0.15) is 0 Å². The van der Waals surface area contributed by atoms with Crippen molar-refractivity contribution in [1.82, 2.24) is 9.97 Å². The normalized spacial score (nSPS) is 9.50. The molecule has 3 aromatic rings. The first-order valence-corrected chi connectivity index (χ1v) is 4.51. The smallest absolute Gasteiger partial charge is 0.0346 e. The van der Waals surface area contributed by atoms with Gasteiger partial charge in [-0.1, -0.05) is 12.1 Å². The highest BCUT2D eigenvalue weighted by Gasteiger charge is 1.98. The second-order valence-electron chi connectivity index (χ2n) is 3.26. The highest BCUT2D eigenvalue weighted by molar-refractivity contribution is 8.93. The number of hydrogen-bond donors (Lipinski definition) is 0. The molecule has 0 bridgehead atoms. The van der Waals surface area contributed by atoms with Crippen molar-refractivity contribution in [1.29, 1.82) is 0 Å². The zero-order chi connectivity index (χ0) is 9.38. The molecule has 82 valence electrons. The van der Waals surface area contributed by atoms with Crippen LogP contribution in [-0.4, -0.2) is 9.97 Å². The summed E-state index contributed by atoms with van der Waals surface area (Å²) < 4.78 is 0. The molecule has 1 aromatic carbocycles. The second-order valence-corrected chi connectivity index (χ2v) is 3.26. The monoisotopic (exact) mass is 340 g/mol. The minimum Gasteiger partial charge on any atom is -0.264 e. The van der Waals surface area contributed by atoms with Crippen LogP contribution in [0, 0.1) is 0 Å². The molecule has 0 aliphatic heterocycles. The van der Waals surface area contributed by atoms with Crippen LogP contribution in [0.15, 0.2) is 49.1 Å². The van der Waals surface area contributed by atoms with Gasteiger partial charge in [-0.3, -0.25) is 9.97 Å². The van der Waals surface area contributed by atoms with Gasteiger partial charge in [0.1, 0.15) is 0 Å². The van der Waals surface area contributed by atoms with Crippen LogP contribution in [0.4, 0.5) is 0 Å². The Hall–Kier alpha value is -1.00. The maximum atomic E-state index is 4.10. The topological polar surface area (TPSA) is 25.8 Å². The molecule has 4 heteroatoms. The molecule has 2 heterocycles. The Labute approximate surface area is 114 Å². The number of rotatable bonds is 0. The highest BCUT2D eigenvalue weighted by atomic mass is 79.9. The van der Waals surface area contributed by atoms with E-state index in [4.69, 9.17) is 0 Å². The van der Waals surface area contributed by atoms with Gasteiger partial charge >= 0.3 is 0 Å². The molecule has 0 radical (unpaired) electrons. The van der Waals surface area contributed by atoms with Gasteiger partial charge < -0.3 is 0 Å². The van der Waals surface area contributed by atoms with Crippen molar-refractivity contribution < 1.29 is 0 Å². The summed E-state index contributed by atoms with van der Waals surface area (Å²) in [7, 11) is 0. The molecule has 2 nitrogen and oxygen atoms in total. The molecular weight excluding hydrogens is 332 g/mol. The Morgan fingerprint density at radius 2 is 1.06 bits per heavy atom. The first-order chi connectivity index (χ1) is 6.95. The summed E-state index contributed by atoms with van der Waals surface area (Å²) in [5.41, 5.74) is 0. The van der Waals surface area contributed by atoms with Crippen molar-refractivity contribution in [2.24, 2.45) is 0 Å². The number of halogens is 2. The van der Waals surface area contributed by atoms with E-state index < -0.39 is 0 Å². The second kappa shape index (κ2) is 5.37. The summed E-state index contributed by atoms with van der Waals surface area (Å²) in [6.07, 6.45) is 7.41. The average molecular weight is 342 g/mol. The molecule has 2 aromatic heterocycles. The van der Waals surface area contributed by atoms with Gasteiger partial charge in [0.05, 0.1) is 0 Å². The quantitative estimate of drug-likeness (QED) is 0.579. The van der Waals surface area contributed by atoms with Crippen molar-refractivity contribution in [3.63, 3.8) is 0 Å². The Morgan fingerprint density at radius 3 is 1.50 bits per heavy atom. The van der Waals surface area contributed by atoms with Crippen molar-refractivity contribution >= 4 is 55.5 Å². The van der Waals surface area contributed by atoms with Crippen molar-refractivity contribution in [2.45, 2.75) is 0 Å². The van der Waals surface area contributed by atoms with E-state index in [1.165, 1.54) is 21.5 Å². The summed E-state index contributed by atoms with van der Waals surface area (Å²) in [6, 6.07) is 8.23. The molecule has 0 saturated carbocycles. The van der Waals surface area contributed by atoms with E-state index in [1.54, 1.807) is 0 Å². The van der Waals surface area contributed by atoms with Crippen LogP contribution in [0.25, 0.3) is 21.5 Å². The third kappa shape index (κ3) is 2.08. The zero-order valence-electron chi connectivity index (χ0n) is 8.33. The lowest BCUT2D eigenvalue weighted by Gasteiger charge is -2.01. The summed E-state index contributed by atoms with van der Waals surface area (Å²) in [5.74, 6) is 0.